The number of aromatic nitrogens is 1. The summed E-state index contributed by atoms with van der Waals surface area (Å²) in [4.78, 5) is 28.6. The number of carbonyl (C=O) groups excluding carboxylic acids is 2. The summed E-state index contributed by atoms with van der Waals surface area (Å²) in [6.07, 6.45) is 1.02. The molecule has 1 aliphatic rings. The predicted molar refractivity (Wildman–Crippen MR) is 92.3 cm³/mol. The maximum Gasteiger partial charge on any atom is 0.224 e. The van der Waals surface area contributed by atoms with E-state index in [1.807, 2.05) is 19.2 Å². The van der Waals surface area contributed by atoms with Crippen LogP contribution in [0.2, 0.25) is 0 Å². The molecule has 122 valence electrons. The quantitative estimate of drug-likeness (QED) is 0.862. The number of nitriles is 1. The van der Waals surface area contributed by atoms with Crippen molar-refractivity contribution >= 4 is 28.7 Å². The zero-order valence-corrected chi connectivity index (χ0v) is 14.3. The summed E-state index contributed by atoms with van der Waals surface area (Å²) in [5, 5.41) is 14.7. The van der Waals surface area contributed by atoms with Gasteiger partial charge in [-0.3, -0.25) is 9.59 Å². The molecule has 0 radical (unpaired) electrons. The van der Waals surface area contributed by atoms with E-state index in [0.29, 0.717) is 23.4 Å². The summed E-state index contributed by atoms with van der Waals surface area (Å²) >= 11 is 1.35. The molecule has 1 aromatic heterocycles. The Morgan fingerprint density at radius 2 is 2.17 bits per heavy atom. The molecule has 0 fully saturated rings. The fraction of sp³-hybridized carbons (Fsp3) is 0.333. The number of rotatable bonds is 4. The lowest BCUT2D eigenvalue weighted by Gasteiger charge is -2.17. The lowest BCUT2D eigenvalue weighted by molar-refractivity contribution is -0.116. The van der Waals surface area contributed by atoms with Crippen molar-refractivity contribution in [2.45, 2.75) is 38.5 Å². The van der Waals surface area contributed by atoms with Crippen LogP contribution < -0.4 is 5.32 Å². The Hall–Kier alpha value is -2.52. The molecule has 24 heavy (non-hydrogen) atoms. The highest BCUT2D eigenvalue weighted by atomic mass is 32.1. The number of Topliss-reactive ketones (excluding diaryl/α,β-unsaturated/α-hetero) is 1. The summed E-state index contributed by atoms with van der Waals surface area (Å²) in [5.41, 5.74) is 3.06. The highest BCUT2D eigenvalue weighted by Crippen LogP contribution is 2.29. The number of hydrogen-bond donors (Lipinski definition) is 1. The van der Waals surface area contributed by atoms with Gasteiger partial charge in [0.1, 0.15) is 5.01 Å². The molecule has 2 heterocycles. The van der Waals surface area contributed by atoms with Gasteiger partial charge in [-0.25, -0.2) is 4.98 Å². The van der Waals surface area contributed by atoms with Crippen molar-refractivity contribution in [1.82, 2.24) is 4.98 Å². The Balaban J connectivity index is 1.89. The van der Waals surface area contributed by atoms with Crippen molar-refractivity contribution in [1.29, 1.82) is 5.26 Å². The lowest BCUT2D eigenvalue weighted by atomic mass is 9.94. The van der Waals surface area contributed by atoms with Crippen molar-refractivity contribution < 1.29 is 9.59 Å². The van der Waals surface area contributed by atoms with Crippen LogP contribution in [0.1, 0.15) is 58.7 Å². The second kappa shape index (κ2) is 6.54. The standard InChI is InChI=1S/C18H17N3O2S/c1-10(2)15-9-24-18(21-15)13(8-19)17(23)12-3-5-14-11(7-12)4-6-16(22)20-14/h3,5,7,9-10,13H,4,6H2,1-2H3,(H,20,22). The minimum absolute atomic E-state index is 0.0134. The number of nitrogens with zero attached hydrogens (tertiary/aromatic N) is 2. The van der Waals surface area contributed by atoms with Crippen LogP contribution in [0.3, 0.4) is 0 Å². The summed E-state index contributed by atoms with van der Waals surface area (Å²) in [6.45, 7) is 4.06. The zero-order valence-electron chi connectivity index (χ0n) is 13.5. The topological polar surface area (TPSA) is 82.8 Å². The second-order valence-corrected chi connectivity index (χ2v) is 7.00. The number of carbonyl (C=O) groups is 2. The molecule has 0 aliphatic carbocycles. The van der Waals surface area contributed by atoms with Crippen molar-refractivity contribution in [3.05, 3.63) is 45.4 Å². The average molecular weight is 339 g/mol. The normalized spacial score (nSPS) is 14.7. The first kappa shape index (κ1) is 16.3. The van der Waals surface area contributed by atoms with E-state index in [-0.39, 0.29) is 17.6 Å². The number of anilines is 1. The largest absolute Gasteiger partial charge is 0.326 e. The van der Waals surface area contributed by atoms with Crippen molar-refractivity contribution in [2.75, 3.05) is 5.32 Å². The van der Waals surface area contributed by atoms with Crippen LogP contribution in [0.25, 0.3) is 0 Å². The Morgan fingerprint density at radius 3 is 2.83 bits per heavy atom. The monoisotopic (exact) mass is 339 g/mol. The number of amides is 1. The zero-order chi connectivity index (χ0) is 17.3. The van der Waals surface area contributed by atoms with Crippen LogP contribution in [0.5, 0.6) is 0 Å². The van der Waals surface area contributed by atoms with E-state index < -0.39 is 5.92 Å². The first-order valence-electron chi connectivity index (χ1n) is 7.81. The number of nitrogens with one attached hydrogen (secondary N) is 1. The molecule has 1 unspecified atom stereocenters. The molecule has 1 N–H and O–H groups in total. The van der Waals surface area contributed by atoms with Crippen molar-refractivity contribution in [3.8, 4) is 6.07 Å². The van der Waals surface area contributed by atoms with Gasteiger partial charge in [0.05, 0.1) is 11.8 Å². The van der Waals surface area contributed by atoms with Gasteiger partial charge >= 0.3 is 0 Å². The maximum atomic E-state index is 12.8. The molecule has 3 rings (SSSR count). The van der Waals surface area contributed by atoms with Crippen LogP contribution >= 0.6 is 11.3 Å². The maximum absolute atomic E-state index is 12.8. The van der Waals surface area contributed by atoms with Gasteiger partial charge in [0.25, 0.3) is 0 Å². The fourth-order valence-corrected chi connectivity index (χ4v) is 3.65. The summed E-state index contributed by atoms with van der Waals surface area (Å²) < 4.78 is 0. The molecular weight excluding hydrogens is 322 g/mol. The van der Waals surface area contributed by atoms with E-state index >= 15 is 0 Å². The minimum atomic E-state index is -0.890. The van der Waals surface area contributed by atoms with Crippen LogP contribution in [-0.2, 0) is 11.2 Å². The minimum Gasteiger partial charge on any atom is -0.326 e. The number of aryl methyl sites for hydroxylation is 1. The molecular formula is C18H17N3O2S. The van der Waals surface area contributed by atoms with E-state index in [2.05, 4.69) is 16.4 Å². The van der Waals surface area contributed by atoms with Crippen molar-refractivity contribution in [2.24, 2.45) is 0 Å². The van der Waals surface area contributed by atoms with Gasteiger partial charge in [0.2, 0.25) is 5.91 Å². The van der Waals surface area contributed by atoms with Gasteiger partial charge in [-0.2, -0.15) is 5.26 Å². The first-order valence-corrected chi connectivity index (χ1v) is 8.69. The molecule has 0 spiro atoms. The Kier molecular flexibility index (Phi) is 4.45. The van der Waals surface area contributed by atoms with Gasteiger partial charge in [0.15, 0.2) is 11.7 Å². The Labute approximate surface area is 144 Å². The van der Waals surface area contributed by atoms with Gasteiger partial charge in [-0.05, 0) is 36.1 Å². The highest BCUT2D eigenvalue weighted by molar-refractivity contribution is 7.10. The third-order valence-electron chi connectivity index (χ3n) is 4.05. The van der Waals surface area contributed by atoms with E-state index in [1.54, 1.807) is 18.2 Å². The number of benzene rings is 1. The molecule has 1 atom stereocenters. The van der Waals surface area contributed by atoms with E-state index in [1.165, 1.54) is 11.3 Å². The van der Waals surface area contributed by atoms with E-state index in [4.69, 9.17) is 0 Å². The molecule has 0 saturated heterocycles. The van der Waals surface area contributed by atoms with Crippen LogP contribution in [-0.4, -0.2) is 16.7 Å². The molecule has 6 heteroatoms. The van der Waals surface area contributed by atoms with Gasteiger partial charge in [0, 0.05) is 23.1 Å². The van der Waals surface area contributed by atoms with Gasteiger partial charge in [-0.1, -0.05) is 13.8 Å². The van der Waals surface area contributed by atoms with Crippen molar-refractivity contribution in [3.63, 3.8) is 0 Å². The van der Waals surface area contributed by atoms with Crippen LogP contribution in [0.4, 0.5) is 5.69 Å². The smallest absolute Gasteiger partial charge is 0.224 e. The molecule has 2 aromatic rings. The molecule has 0 bridgehead atoms. The van der Waals surface area contributed by atoms with E-state index in [0.717, 1.165) is 16.9 Å². The first-order chi connectivity index (χ1) is 11.5. The predicted octanol–water partition coefficient (Wildman–Crippen LogP) is 3.64. The fourth-order valence-electron chi connectivity index (χ4n) is 2.63. The molecule has 1 aliphatic heterocycles. The molecule has 1 amide bonds. The SMILES string of the molecule is CC(C)c1csc(C(C#N)C(=O)c2ccc3c(c2)CCC(=O)N3)n1. The Bertz CT molecular complexity index is 848. The van der Waals surface area contributed by atoms with Crippen LogP contribution in [0, 0.1) is 11.3 Å². The van der Waals surface area contributed by atoms with Gasteiger partial charge in [-0.15, -0.1) is 11.3 Å². The summed E-state index contributed by atoms with van der Waals surface area (Å²) in [7, 11) is 0. The Morgan fingerprint density at radius 1 is 1.38 bits per heavy atom. The average Bonchev–Trinajstić information content (AvgIpc) is 3.05. The highest BCUT2D eigenvalue weighted by Gasteiger charge is 2.26. The molecule has 5 nitrogen and oxygen atoms in total. The number of fused-ring (bicyclic) bond motifs is 1. The number of ketones is 1. The van der Waals surface area contributed by atoms with E-state index in [9.17, 15) is 14.9 Å². The third kappa shape index (κ3) is 3.08. The van der Waals surface area contributed by atoms with Crippen LogP contribution in [0.15, 0.2) is 23.6 Å². The lowest BCUT2D eigenvalue weighted by Crippen LogP contribution is -2.20. The summed E-state index contributed by atoms with van der Waals surface area (Å²) in [6, 6.07) is 7.25. The summed E-state index contributed by atoms with van der Waals surface area (Å²) in [5.74, 6) is -0.891. The number of hydrogen-bond acceptors (Lipinski definition) is 5. The number of thiazole rings is 1. The third-order valence-corrected chi connectivity index (χ3v) is 4.98. The second-order valence-electron chi connectivity index (χ2n) is 6.11. The molecule has 1 aromatic carbocycles. The molecule has 0 saturated carbocycles. The van der Waals surface area contributed by atoms with Gasteiger partial charge < -0.3 is 5.32 Å².